The van der Waals surface area contributed by atoms with E-state index < -0.39 is 11.9 Å². The Morgan fingerprint density at radius 2 is 2.17 bits per heavy atom. The standard InChI is InChI=1S/C13H18N2O3/c1-9(13(17)18)8-15-12(16)6-5-10-3-2-4-11(14)7-10/h2-4,7,9H,5-6,8,14H2,1H3,(H,15,16)(H,17,18). The van der Waals surface area contributed by atoms with Crippen LogP contribution in [0.4, 0.5) is 5.69 Å². The first kappa shape index (κ1) is 14.0. The number of carboxylic acids is 1. The molecular formula is C13H18N2O3. The maximum absolute atomic E-state index is 11.5. The summed E-state index contributed by atoms with van der Waals surface area (Å²) < 4.78 is 0. The van der Waals surface area contributed by atoms with Gasteiger partial charge in [-0.05, 0) is 24.1 Å². The number of anilines is 1. The topological polar surface area (TPSA) is 92.4 Å². The third kappa shape index (κ3) is 4.86. The molecule has 0 saturated carbocycles. The number of carboxylic acid groups (broad SMARTS) is 1. The molecule has 0 aromatic heterocycles. The number of benzene rings is 1. The van der Waals surface area contributed by atoms with Crippen molar-refractivity contribution in [2.24, 2.45) is 5.92 Å². The summed E-state index contributed by atoms with van der Waals surface area (Å²) in [7, 11) is 0. The highest BCUT2D eigenvalue weighted by atomic mass is 16.4. The van der Waals surface area contributed by atoms with Crippen molar-refractivity contribution < 1.29 is 14.7 Å². The van der Waals surface area contributed by atoms with E-state index in [4.69, 9.17) is 10.8 Å². The number of hydrogen-bond donors (Lipinski definition) is 3. The van der Waals surface area contributed by atoms with E-state index >= 15 is 0 Å². The summed E-state index contributed by atoms with van der Waals surface area (Å²) in [5, 5.41) is 11.3. The van der Waals surface area contributed by atoms with E-state index in [0.717, 1.165) is 5.56 Å². The van der Waals surface area contributed by atoms with E-state index in [9.17, 15) is 9.59 Å². The zero-order valence-corrected chi connectivity index (χ0v) is 10.3. The number of nitrogens with one attached hydrogen (secondary N) is 1. The molecule has 1 amide bonds. The summed E-state index contributed by atoms with van der Waals surface area (Å²) >= 11 is 0. The van der Waals surface area contributed by atoms with Crippen LogP contribution >= 0.6 is 0 Å². The van der Waals surface area contributed by atoms with Crippen LogP contribution in [0.3, 0.4) is 0 Å². The minimum absolute atomic E-state index is 0.148. The van der Waals surface area contributed by atoms with E-state index in [1.54, 1.807) is 13.0 Å². The van der Waals surface area contributed by atoms with Crippen molar-refractivity contribution in [2.45, 2.75) is 19.8 Å². The van der Waals surface area contributed by atoms with Crippen LogP contribution < -0.4 is 11.1 Å². The first-order chi connectivity index (χ1) is 8.49. The van der Waals surface area contributed by atoms with E-state index in [2.05, 4.69) is 5.32 Å². The average molecular weight is 250 g/mol. The molecule has 18 heavy (non-hydrogen) atoms. The van der Waals surface area contributed by atoms with Crippen LogP contribution in [0.1, 0.15) is 18.9 Å². The quantitative estimate of drug-likeness (QED) is 0.658. The van der Waals surface area contributed by atoms with Crippen molar-refractivity contribution in [1.29, 1.82) is 0 Å². The molecule has 1 aromatic carbocycles. The van der Waals surface area contributed by atoms with Crippen LogP contribution in [0.5, 0.6) is 0 Å². The zero-order valence-electron chi connectivity index (χ0n) is 10.3. The predicted molar refractivity (Wildman–Crippen MR) is 69.0 cm³/mol. The van der Waals surface area contributed by atoms with Crippen LogP contribution in [0.25, 0.3) is 0 Å². The summed E-state index contributed by atoms with van der Waals surface area (Å²) in [6.07, 6.45) is 0.925. The van der Waals surface area contributed by atoms with Gasteiger partial charge in [0.25, 0.3) is 0 Å². The average Bonchev–Trinajstić information content (AvgIpc) is 2.33. The predicted octanol–water partition coefficient (Wildman–Crippen LogP) is 1.04. The first-order valence-corrected chi connectivity index (χ1v) is 5.83. The van der Waals surface area contributed by atoms with Gasteiger partial charge in [0, 0.05) is 18.7 Å². The highest BCUT2D eigenvalue weighted by molar-refractivity contribution is 5.77. The first-order valence-electron chi connectivity index (χ1n) is 5.83. The number of carbonyl (C=O) groups excluding carboxylic acids is 1. The third-order valence-electron chi connectivity index (χ3n) is 2.62. The number of nitrogen functional groups attached to an aromatic ring is 1. The Morgan fingerprint density at radius 3 is 2.78 bits per heavy atom. The molecule has 1 rings (SSSR count). The monoisotopic (exact) mass is 250 g/mol. The SMILES string of the molecule is CC(CNC(=O)CCc1cccc(N)c1)C(=O)O. The Morgan fingerprint density at radius 1 is 1.44 bits per heavy atom. The van der Waals surface area contributed by atoms with E-state index in [1.807, 2.05) is 18.2 Å². The number of aliphatic carboxylic acids is 1. The minimum atomic E-state index is -0.911. The Labute approximate surface area is 106 Å². The van der Waals surface area contributed by atoms with Crippen molar-refractivity contribution in [1.82, 2.24) is 5.32 Å². The molecule has 5 heteroatoms. The minimum Gasteiger partial charge on any atom is -0.481 e. The van der Waals surface area contributed by atoms with Gasteiger partial charge in [-0.2, -0.15) is 0 Å². The lowest BCUT2D eigenvalue weighted by atomic mass is 10.1. The molecule has 0 aliphatic rings. The lowest BCUT2D eigenvalue weighted by Gasteiger charge is -2.08. The number of rotatable bonds is 6. The van der Waals surface area contributed by atoms with Crippen molar-refractivity contribution in [3.63, 3.8) is 0 Å². The van der Waals surface area contributed by atoms with Gasteiger partial charge < -0.3 is 16.2 Å². The summed E-state index contributed by atoms with van der Waals surface area (Å²) in [6, 6.07) is 7.36. The van der Waals surface area contributed by atoms with Crippen LogP contribution in [-0.2, 0) is 16.0 Å². The highest BCUT2D eigenvalue weighted by Crippen LogP contribution is 2.08. The molecule has 0 bridgehead atoms. The molecule has 1 atom stereocenters. The van der Waals surface area contributed by atoms with Gasteiger partial charge in [0.2, 0.25) is 5.91 Å². The van der Waals surface area contributed by atoms with Gasteiger partial charge in [-0.3, -0.25) is 9.59 Å². The molecule has 0 fully saturated rings. The van der Waals surface area contributed by atoms with Gasteiger partial charge in [0.05, 0.1) is 5.92 Å². The summed E-state index contributed by atoms with van der Waals surface area (Å²) in [4.78, 5) is 22.1. The molecule has 0 aliphatic heterocycles. The maximum atomic E-state index is 11.5. The molecule has 5 nitrogen and oxygen atoms in total. The molecule has 98 valence electrons. The number of hydrogen-bond acceptors (Lipinski definition) is 3. The largest absolute Gasteiger partial charge is 0.481 e. The zero-order chi connectivity index (χ0) is 13.5. The van der Waals surface area contributed by atoms with E-state index in [1.165, 1.54) is 0 Å². The van der Waals surface area contributed by atoms with Gasteiger partial charge in [0.15, 0.2) is 0 Å². The van der Waals surface area contributed by atoms with Gasteiger partial charge in [-0.1, -0.05) is 19.1 Å². The molecular weight excluding hydrogens is 232 g/mol. The van der Waals surface area contributed by atoms with Crippen molar-refractivity contribution in [2.75, 3.05) is 12.3 Å². The van der Waals surface area contributed by atoms with Crippen LogP contribution in [0.15, 0.2) is 24.3 Å². The Balaban J connectivity index is 2.31. The Kier molecular flexibility index (Phi) is 5.17. The van der Waals surface area contributed by atoms with Crippen molar-refractivity contribution in [3.8, 4) is 0 Å². The van der Waals surface area contributed by atoms with Gasteiger partial charge >= 0.3 is 5.97 Å². The summed E-state index contributed by atoms with van der Waals surface area (Å²) in [5.41, 5.74) is 7.30. The molecule has 0 saturated heterocycles. The summed E-state index contributed by atoms with van der Waals surface area (Å²) in [5.74, 6) is -1.63. The maximum Gasteiger partial charge on any atom is 0.308 e. The van der Waals surface area contributed by atoms with Crippen molar-refractivity contribution >= 4 is 17.6 Å². The lowest BCUT2D eigenvalue weighted by Crippen LogP contribution is -2.31. The molecule has 0 aliphatic carbocycles. The van der Waals surface area contributed by atoms with Crippen LogP contribution in [0.2, 0.25) is 0 Å². The smallest absolute Gasteiger partial charge is 0.308 e. The fraction of sp³-hybridized carbons (Fsp3) is 0.385. The van der Waals surface area contributed by atoms with E-state index in [0.29, 0.717) is 18.5 Å². The second-order valence-corrected chi connectivity index (χ2v) is 4.29. The molecule has 0 radical (unpaired) electrons. The number of aryl methyl sites for hydroxylation is 1. The molecule has 0 spiro atoms. The second-order valence-electron chi connectivity index (χ2n) is 4.29. The Bertz CT molecular complexity index is 432. The van der Waals surface area contributed by atoms with Crippen molar-refractivity contribution in [3.05, 3.63) is 29.8 Å². The number of amides is 1. The fourth-order valence-corrected chi connectivity index (χ4v) is 1.45. The van der Waals surface area contributed by atoms with Gasteiger partial charge in [0.1, 0.15) is 0 Å². The second kappa shape index (κ2) is 6.64. The van der Waals surface area contributed by atoms with Gasteiger partial charge in [-0.15, -0.1) is 0 Å². The summed E-state index contributed by atoms with van der Waals surface area (Å²) in [6.45, 7) is 1.71. The number of nitrogens with two attached hydrogens (primary N) is 1. The fourth-order valence-electron chi connectivity index (χ4n) is 1.45. The molecule has 0 heterocycles. The molecule has 1 unspecified atom stereocenters. The van der Waals surface area contributed by atoms with Crippen LogP contribution in [-0.4, -0.2) is 23.5 Å². The highest BCUT2D eigenvalue weighted by Gasteiger charge is 2.11. The molecule has 1 aromatic rings. The van der Waals surface area contributed by atoms with Gasteiger partial charge in [-0.25, -0.2) is 0 Å². The number of carbonyl (C=O) groups is 2. The normalized spacial score (nSPS) is 11.8. The van der Waals surface area contributed by atoms with E-state index in [-0.39, 0.29) is 12.5 Å². The molecule has 4 N–H and O–H groups in total. The third-order valence-corrected chi connectivity index (χ3v) is 2.62. The lowest BCUT2D eigenvalue weighted by molar-refractivity contribution is -0.141. The Hall–Kier alpha value is -2.04. The van der Waals surface area contributed by atoms with Crippen LogP contribution in [0, 0.1) is 5.92 Å².